The van der Waals surface area contributed by atoms with Gasteiger partial charge < -0.3 is 20.3 Å². The first-order valence-electron chi connectivity index (χ1n) is 7.62. The van der Waals surface area contributed by atoms with E-state index in [9.17, 15) is 13.2 Å². The summed E-state index contributed by atoms with van der Waals surface area (Å²) in [5, 5.41) is 10.8. The zero-order chi connectivity index (χ0) is 19.2. The maximum absolute atomic E-state index is 12.5. The predicted molar refractivity (Wildman–Crippen MR) is 96.8 cm³/mol. The lowest BCUT2D eigenvalue weighted by atomic mass is 10.2. The Balaban J connectivity index is 2.19. The minimum absolute atomic E-state index is 0.0262. The third kappa shape index (κ3) is 5.02. The summed E-state index contributed by atoms with van der Waals surface area (Å²) in [7, 11) is -2.54. The summed E-state index contributed by atoms with van der Waals surface area (Å²) < 4.78 is 38.1. The van der Waals surface area contributed by atoms with Crippen LogP contribution in [0.1, 0.15) is 21.3 Å². The van der Waals surface area contributed by atoms with Crippen molar-refractivity contribution in [1.82, 2.24) is 4.72 Å². The molecule has 8 nitrogen and oxygen atoms in total. The van der Waals surface area contributed by atoms with Gasteiger partial charge in [0.15, 0.2) is 0 Å². The molecule has 10 heteroatoms. The first-order valence-corrected chi connectivity index (χ1v) is 9.98. The Morgan fingerprint density at radius 2 is 2.15 bits per heavy atom. The average molecular weight is 400 g/mol. The molecule has 0 aliphatic carbocycles. The van der Waals surface area contributed by atoms with Gasteiger partial charge in [-0.15, -0.1) is 11.3 Å². The third-order valence-corrected chi connectivity index (χ3v) is 5.86. The Labute approximate surface area is 155 Å². The van der Waals surface area contributed by atoms with Gasteiger partial charge in [0.25, 0.3) is 5.91 Å². The quantitative estimate of drug-likeness (QED) is 0.543. The Bertz CT molecular complexity index is 836. The van der Waals surface area contributed by atoms with E-state index in [4.69, 9.17) is 20.3 Å². The number of benzene rings is 1. The van der Waals surface area contributed by atoms with Crippen LogP contribution in [-0.2, 0) is 14.8 Å². The second-order valence-electron chi connectivity index (χ2n) is 5.18. The van der Waals surface area contributed by atoms with Crippen molar-refractivity contribution in [3.63, 3.8) is 0 Å². The van der Waals surface area contributed by atoms with Gasteiger partial charge in [-0.1, -0.05) is 6.07 Å². The molecule has 0 aliphatic heterocycles. The molecular formula is C16H20N2O6S2. The number of methoxy groups -OCH3 is 1. The number of hydrogen-bond donors (Lipinski definition) is 3. The summed E-state index contributed by atoms with van der Waals surface area (Å²) in [4.78, 5) is 12.2. The number of nitrogens with one attached hydrogen (secondary N) is 1. The van der Waals surface area contributed by atoms with Gasteiger partial charge in [-0.3, -0.25) is 4.79 Å². The van der Waals surface area contributed by atoms with Gasteiger partial charge in [0, 0.05) is 11.4 Å². The fourth-order valence-corrected chi connectivity index (χ4v) is 4.06. The number of aliphatic hydroxyl groups is 1. The molecule has 142 valence electrons. The number of thiophene rings is 1. The maximum Gasteiger partial charge on any atom is 0.252 e. The highest BCUT2D eigenvalue weighted by molar-refractivity contribution is 7.89. The van der Waals surface area contributed by atoms with E-state index in [0.29, 0.717) is 0 Å². The van der Waals surface area contributed by atoms with Crippen LogP contribution in [0.5, 0.6) is 5.75 Å². The fraction of sp³-hybridized carbons (Fsp3) is 0.312. The number of amides is 1. The summed E-state index contributed by atoms with van der Waals surface area (Å²) in [6.45, 7) is -0.117. The molecule has 0 bridgehead atoms. The molecule has 26 heavy (non-hydrogen) atoms. The zero-order valence-electron chi connectivity index (χ0n) is 14.0. The summed E-state index contributed by atoms with van der Waals surface area (Å²) >= 11 is 1.42. The lowest BCUT2D eigenvalue weighted by Gasteiger charge is -2.17. The largest absolute Gasteiger partial charge is 0.496 e. The van der Waals surface area contributed by atoms with Crippen molar-refractivity contribution in [3.05, 3.63) is 46.2 Å². The topological polar surface area (TPSA) is 128 Å². The monoisotopic (exact) mass is 400 g/mol. The first-order chi connectivity index (χ1) is 12.4. The van der Waals surface area contributed by atoms with E-state index in [1.807, 2.05) is 17.5 Å². The maximum atomic E-state index is 12.5. The summed E-state index contributed by atoms with van der Waals surface area (Å²) in [5.74, 6) is -0.596. The second-order valence-corrected chi connectivity index (χ2v) is 7.92. The highest BCUT2D eigenvalue weighted by Crippen LogP contribution is 2.24. The Hall–Kier alpha value is -1.98. The number of primary amides is 1. The molecule has 4 N–H and O–H groups in total. The van der Waals surface area contributed by atoms with Crippen LogP contribution in [0.4, 0.5) is 0 Å². The van der Waals surface area contributed by atoms with Crippen LogP contribution in [0.2, 0.25) is 0 Å². The molecule has 1 heterocycles. The van der Waals surface area contributed by atoms with Crippen molar-refractivity contribution in [2.24, 2.45) is 5.73 Å². The van der Waals surface area contributed by atoms with Gasteiger partial charge in [0.1, 0.15) is 11.9 Å². The Morgan fingerprint density at radius 1 is 1.38 bits per heavy atom. The number of ether oxygens (including phenoxy) is 2. The van der Waals surface area contributed by atoms with E-state index in [-0.39, 0.29) is 36.0 Å². The van der Waals surface area contributed by atoms with Crippen LogP contribution < -0.4 is 15.2 Å². The highest BCUT2D eigenvalue weighted by Gasteiger charge is 2.21. The van der Waals surface area contributed by atoms with Crippen molar-refractivity contribution in [2.45, 2.75) is 11.0 Å². The number of sulfonamides is 1. The van der Waals surface area contributed by atoms with Crippen LogP contribution in [0.3, 0.4) is 0 Å². The van der Waals surface area contributed by atoms with Crippen LogP contribution in [0, 0.1) is 0 Å². The van der Waals surface area contributed by atoms with Gasteiger partial charge in [-0.2, -0.15) is 0 Å². The number of rotatable bonds is 10. The molecule has 0 saturated carbocycles. The van der Waals surface area contributed by atoms with Crippen molar-refractivity contribution in [1.29, 1.82) is 0 Å². The van der Waals surface area contributed by atoms with Gasteiger partial charge in [0.05, 0.1) is 30.8 Å². The summed E-state index contributed by atoms with van der Waals surface area (Å²) in [6.07, 6.45) is -0.536. The van der Waals surface area contributed by atoms with Crippen molar-refractivity contribution >= 4 is 27.3 Å². The SMILES string of the molecule is COc1ccc(S(=O)(=O)NC[C@@H](OCCO)c2cccs2)cc1C(N)=O. The van der Waals surface area contributed by atoms with E-state index in [1.54, 1.807) is 0 Å². The molecule has 1 aromatic carbocycles. The molecule has 0 unspecified atom stereocenters. The smallest absolute Gasteiger partial charge is 0.252 e. The van der Waals surface area contributed by atoms with E-state index in [2.05, 4.69) is 4.72 Å². The number of hydrogen-bond acceptors (Lipinski definition) is 7. The van der Waals surface area contributed by atoms with Crippen LogP contribution >= 0.6 is 11.3 Å². The molecule has 1 atom stereocenters. The lowest BCUT2D eigenvalue weighted by molar-refractivity contribution is 0.0328. The van der Waals surface area contributed by atoms with E-state index in [1.165, 1.54) is 30.6 Å². The Kier molecular flexibility index (Phi) is 7.12. The minimum atomic E-state index is -3.90. The number of carbonyl (C=O) groups is 1. The lowest BCUT2D eigenvalue weighted by Crippen LogP contribution is -2.30. The standard InChI is InChI=1S/C16H20N2O6S2/c1-23-13-5-4-11(9-12(13)16(17)20)26(21,22)18-10-14(24-7-6-19)15-3-2-8-25-15/h2-5,8-9,14,18-19H,6-7,10H2,1H3,(H2,17,20)/t14-/m1/s1. The third-order valence-electron chi connectivity index (χ3n) is 3.48. The van der Waals surface area contributed by atoms with Crippen molar-refractivity contribution in [2.75, 3.05) is 26.9 Å². The summed E-state index contributed by atoms with van der Waals surface area (Å²) in [6, 6.07) is 7.50. The highest BCUT2D eigenvalue weighted by atomic mass is 32.2. The molecule has 2 rings (SSSR count). The molecule has 0 radical (unpaired) electrons. The second kappa shape index (κ2) is 9.10. The van der Waals surface area contributed by atoms with Gasteiger partial charge >= 0.3 is 0 Å². The predicted octanol–water partition coefficient (Wildman–Crippen LogP) is 0.884. The van der Waals surface area contributed by atoms with E-state index < -0.39 is 22.0 Å². The van der Waals surface area contributed by atoms with Gasteiger partial charge in [0.2, 0.25) is 10.0 Å². The van der Waals surface area contributed by atoms with E-state index in [0.717, 1.165) is 10.9 Å². The number of nitrogens with two attached hydrogens (primary N) is 1. The van der Waals surface area contributed by atoms with E-state index >= 15 is 0 Å². The fourth-order valence-electron chi connectivity index (χ4n) is 2.23. The van der Waals surface area contributed by atoms with Crippen LogP contribution in [-0.4, -0.2) is 46.3 Å². The minimum Gasteiger partial charge on any atom is -0.496 e. The molecule has 0 aliphatic rings. The number of carbonyl (C=O) groups excluding carboxylic acids is 1. The average Bonchev–Trinajstić information content (AvgIpc) is 3.15. The number of aliphatic hydroxyl groups excluding tert-OH is 1. The van der Waals surface area contributed by atoms with Gasteiger partial charge in [-0.05, 0) is 29.6 Å². The van der Waals surface area contributed by atoms with Crippen LogP contribution in [0.15, 0.2) is 40.6 Å². The van der Waals surface area contributed by atoms with Crippen molar-refractivity contribution in [3.8, 4) is 5.75 Å². The van der Waals surface area contributed by atoms with Gasteiger partial charge in [-0.25, -0.2) is 13.1 Å². The molecule has 1 aromatic heterocycles. The molecule has 0 fully saturated rings. The zero-order valence-corrected chi connectivity index (χ0v) is 15.7. The normalized spacial score (nSPS) is 12.7. The van der Waals surface area contributed by atoms with Crippen LogP contribution in [0.25, 0.3) is 0 Å². The molecule has 2 aromatic rings. The molecule has 0 saturated heterocycles. The Morgan fingerprint density at radius 3 is 2.73 bits per heavy atom. The molecule has 1 amide bonds. The molecular weight excluding hydrogens is 380 g/mol. The van der Waals surface area contributed by atoms with Crippen molar-refractivity contribution < 1.29 is 27.8 Å². The first kappa shape index (κ1) is 20.3. The molecule has 0 spiro atoms. The summed E-state index contributed by atoms with van der Waals surface area (Å²) in [5.41, 5.74) is 5.24.